The van der Waals surface area contributed by atoms with Crippen LogP contribution in [0.3, 0.4) is 0 Å². The minimum atomic E-state index is -2.13. The molecule has 182 valence electrons. The third-order valence-electron chi connectivity index (χ3n) is 7.62. The number of hydrogen-bond acceptors (Lipinski definition) is 10. The molecule has 7 rings (SSSR count). The van der Waals surface area contributed by atoms with Gasteiger partial charge < -0.3 is 39.7 Å². The molecule has 7 atom stereocenters. The average molecular weight is 482 g/mol. The Labute approximate surface area is 198 Å². The van der Waals surface area contributed by atoms with Crippen LogP contribution in [0, 0.1) is 17.8 Å². The Bertz CT molecular complexity index is 1320. The van der Waals surface area contributed by atoms with Crippen molar-refractivity contribution >= 4 is 11.6 Å². The van der Waals surface area contributed by atoms with Gasteiger partial charge >= 0.3 is 0 Å². The van der Waals surface area contributed by atoms with Gasteiger partial charge in [0.25, 0.3) is 0 Å². The molecule has 5 aliphatic rings. The minimum absolute atomic E-state index is 0.0452. The first kappa shape index (κ1) is 21.9. The topological polar surface area (TPSA) is 163 Å². The predicted octanol–water partition coefficient (Wildman–Crippen LogP) is 0.990. The summed E-state index contributed by atoms with van der Waals surface area (Å²) < 4.78 is 16.7. The van der Waals surface area contributed by atoms with Crippen molar-refractivity contribution in [2.75, 3.05) is 13.7 Å². The van der Waals surface area contributed by atoms with E-state index in [2.05, 4.69) is 0 Å². The van der Waals surface area contributed by atoms with Gasteiger partial charge in [-0.15, -0.1) is 0 Å². The van der Waals surface area contributed by atoms with E-state index in [9.17, 15) is 35.1 Å². The third kappa shape index (κ3) is 2.81. The molecule has 3 aliphatic carbocycles. The molecular formula is C25H22O10. The van der Waals surface area contributed by atoms with Crippen molar-refractivity contribution in [1.29, 1.82) is 0 Å². The summed E-state index contributed by atoms with van der Waals surface area (Å²) in [6.07, 6.45) is -1.37. The first-order valence-corrected chi connectivity index (χ1v) is 11.1. The highest BCUT2D eigenvalue weighted by Gasteiger charge is 2.69. The van der Waals surface area contributed by atoms with Crippen LogP contribution in [0.15, 0.2) is 42.0 Å². The molecule has 2 heterocycles. The van der Waals surface area contributed by atoms with Crippen molar-refractivity contribution in [2.24, 2.45) is 17.8 Å². The Balaban J connectivity index is 1.46. The summed E-state index contributed by atoms with van der Waals surface area (Å²) in [7, 11) is 1.42. The second kappa shape index (κ2) is 7.20. The monoisotopic (exact) mass is 482 g/mol. The Morgan fingerprint density at radius 3 is 2.60 bits per heavy atom. The molecule has 0 radical (unpaired) electrons. The molecule has 2 aromatic rings. The van der Waals surface area contributed by atoms with Gasteiger partial charge in [0, 0.05) is 29.9 Å². The molecule has 35 heavy (non-hydrogen) atoms. The van der Waals surface area contributed by atoms with Crippen molar-refractivity contribution in [3.05, 3.63) is 53.1 Å². The summed E-state index contributed by atoms with van der Waals surface area (Å²) in [6.45, 7) is 0.0452. The second-order valence-corrected chi connectivity index (χ2v) is 9.35. The maximum atomic E-state index is 13.3. The van der Waals surface area contributed by atoms with Crippen LogP contribution in [0.4, 0.5) is 0 Å². The molecule has 1 saturated heterocycles. The first-order chi connectivity index (χ1) is 16.7. The Hall–Kier alpha value is -3.60. The molecule has 0 aromatic heterocycles. The largest absolute Gasteiger partial charge is 0.508 e. The van der Waals surface area contributed by atoms with Crippen LogP contribution in [0.1, 0.15) is 21.8 Å². The molecule has 10 heteroatoms. The fourth-order valence-corrected chi connectivity index (χ4v) is 6.16. The smallest absolute Gasteiger partial charge is 0.234 e. The highest BCUT2D eigenvalue weighted by atomic mass is 16.6. The number of aliphatic hydroxyl groups is 2. The number of allylic oxidation sites excluding steroid dienone is 1. The molecule has 2 fully saturated rings. The quantitative estimate of drug-likeness (QED) is 0.399. The summed E-state index contributed by atoms with van der Waals surface area (Å²) in [6, 6.07) is 6.91. The van der Waals surface area contributed by atoms with E-state index in [1.54, 1.807) is 18.2 Å². The Morgan fingerprint density at radius 1 is 1.09 bits per heavy atom. The Kier molecular flexibility index (Phi) is 4.51. The number of phenols is 3. The van der Waals surface area contributed by atoms with Crippen molar-refractivity contribution in [1.82, 2.24) is 0 Å². The van der Waals surface area contributed by atoms with Gasteiger partial charge in [-0.05, 0) is 23.3 Å². The summed E-state index contributed by atoms with van der Waals surface area (Å²) in [5.41, 5.74) is 0.796. The van der Waals surface area contributed by atoms with Gasteiger partial charge in [-0.1, -0.05) is 12.1 Å². The predicted molar refractivity (Wildman–Crippen MR) is 116 cm³/mol. The van der Waals surface area contributed by atoms with Gasteiger partial charge in [-0.3, -0.25) is 9.59 Å². The number of ketones is 2. The zero-order valence-electron chi connectivity index (χ0n) is 18.4. The van der Waals surface area contributed by atoms with E-state index in [0.29, 0.717) is 11.1 Å². The number of ether oxygens (including phenoxy) is 3. The van der Waals surface area contributed by atoms with Crippen LogP contribution in [0.2, 0.25) is 0 Å². The van der Waals surface area contributed by atoms with Crippen molar-refractivity contribution < 1.29 is 49.3 Å². The average Bonchev–Trinajstić information content (AvgIpc) is 3.14. The highest BCUT2D eigenvalue weighted by Crippen LogP contribution is 2.61. The number of fused-ring (bicyclic) bond motifs is 1. The van der Waals surface area contributed by atoms with Gasteiger partial charge in [0.15, 0.2) is 29.5 Å². The molecule has 0 spiro atoms. The van der Waals surface area contributed by atoms with E-state index in [0.717, 1.165) is 12.1 Å². The number of hydrogen-bond donors (Lipinski definition) is 5. The lowest BCUT2D eigenvalue weighted by Crippen LogP contribution is -2.60. The van der Waals surface area contributed by atoms with Crippen LogP contribution >= 0.6 is 0 Å². The number of phenolic OH excluding ortho intramolecular Hbond substituents is 3. The molecular weight excluding hydrogens is 460 g/mol. The number of carbonyl (C=O) groups is 2. The van der Waals surface area contributed by atoms with Gasteiger partial charge in [-0.2, -0.15) is 0 Å². The number of benzene rings is 2. The summed E-state index contributed by atoms with van der Waals surface area (Å²) >= 11 is 0. The summed E-state index contributed by atoms with van der Waals surface area (Å²) in [4.78, 5) is 26.2. The summed E-state index contributed by atoms with van der Waals surface area (Å²) in [5.74, 6) is -6.84. The lowest BCUT2D eigenvalue weighted by molar-refractivity contribution is -0.206. The minimum Gasteiger partial charge on any atom is -0.508 e. The van der Waals surface area contributed by atoms with Crippen LogP contribution in [-0.4, -0.2) is 68.8 Å². The SMILES string of the molecule is COc1cc([C@H]2C3C=C([C@H]4Oc5cc(O)cc(O)c5C(=O)[C@@H]4O)C4[C@@H]2CO[C@@]4(O)C3=O)ccc1O. The fraction of sp³-hybridized carbons (Fsp3) is 0.360. The third-order valence-corrected chi connectivity index (χ3v) is 7.62. The van der Waals surface area contributed by atoms with Crippen LogP contribution < -0.4 is 9.47 Å². The number of Topliss-reactive ketones (excluding diaryl/α,β-unsaturated/α-hetero) is 2. The summed E-state index contributed by atoms with van der Waals surface area (Å²) in [5, 5.41) is 52.0. The first-order valence-electron chi connectivity index (χ1n) is 11.1. The fourth-order valence-electron chi connectivity index (χ4n) is 6.16. The molecule has 5 N–H and O–H groups in total. The molecule has 0 amide bonds. The number of aromatic hydroxyl groups is 3. The number of carbonyl (C=O) groups excluding carboxylic acids is 2. The standard InChI is InChI=1S/C25H22O10/c1-33-16-4-9(2-3-14(16)27)18-11-7-12(20-13(18)8-34-25(20,32)24(11)31)23-22(30)21(29)19-15(28)5-10(26)6-17(19)35-23/h2-7,11,13,18,20,22-23,26-28,30,32H,8H2,1H3/t11?,13-,18+,20?,22+,23-,25-/m1/s1. The van der Waals surface area contributed by atoms with E-state index < -0.39 is 59.0 Å². The van der Waals surface area contributed by atoms with Crippen molar-refractivity contribution in [3.63, 3.8) is 0 Å². The molecule has 2 aromatic carbocycles. The molecule has 10 nitrogen and oxygen atoms in total. The van der Waals surface area contributed by atoms with Crippen LogP contribution in [0.5, 0.6) is 28.7 Å². The molecule has 2 unspecified atom stereocenters. The van der Waals surface area contributed by atoms with E-state index in [1.165, 1.54) is 13.2 Å². The highest BCUT2D eigenvalue weighted by molar-refractivity contribution is 6.06. The van der Waals surface area contributed by atoms with Gasteiger partial charge in [0.05, 0.1) is 19.6 Å². The molecule has 2 aliphatic heterocycles. The Morgan fingerprint density at radius 2 is 1.86 bits per heavy atom. The zero-order chi connectivity index (χ0) is 24.8. The molecule has 1 saturated carbocycles. The normalized spacial score (nSPS) is 34.9. The second-order valence-electron chi connectivity index (χ2n) is 9.35. The number of aliphatic hydroxyl groups excluding tert-OH is 1. The lowest BCUT2D eigenvalue weighted by atomic mass is 9.55. The maximum absolute atomic E-state index is 13.3. The maximum Gasteiger partial charge on any atom is 0.234 e. The lowest BCUT2D eigenvalue weighted by Gasteiger charge is -2.50. The molecule has 4 bridgehead atoms. The number of rotatable bonds is 3. The van der Waals surface area contributed by atoms with Gasteiger partial charge in [-0.25, -0.2) is 0 Å². The van der Waals surface area contributed by atoms with Crippen LogP contribution in [0.25, 0.3) is 0 Å². The van der Waals surface area contributed by atoms with Crippen molar-refractivity contribution in [3.8, 4) is 28.7 Å². The van der Waals surface area contributed by atoms with E-state index in [1.807, 2.05) is 0 Å². The van der Waals surface area contributed by atoms with Gasteiger partial charge in [0.2, 0.25) is 11.6 Å². The van der Waals surface area contributed by atoms with E-state index in [4.69, 9.17) is 14.2 Å². The van der Waals surface area contributed by atoms with E-state index >= 15 is 0 Å². The number of methoxy groups -OCH3 is 1. The van der Waals surface area contributed by atoms with Crippen LogP contribution in [-0.2, 0) is 9.53 Å². The zero-order valence-corrected chi connectivity index (χ0v) is 18.4. The van der Waals surface area contributed by atoms with Gasteiger partial charge in [0.1, 0.15) is 22.8 Å². The van der Waals surface area contributed by atoms with Crippen molar-refractivity contribution in [2.45, 2.75) is 23.9 Å². The van der Waals surface area contributed by atoms with E-state index in [-0.39, 0.29) is 35.2 Å².